The highest BCUT2D eigenvalue weighted by molar-refractivity contribution is 7.89. The summed E-state index contributed by atoms with van der Waals surface area (Å²) in [5.74, 6) is 0.339. The molecule has 0 unspecified atom stereocenters. The first-order valence-corrected chi connectivity index (χ1v) is 8.34. The average Bonchev–Trinajstić information content (AvgIpc) is 2.38. The summed E-state index contributed by atoms with van der Waals surface area (Å²) in [6.45, 7) is 5.47. The number of hydrogen-bond donors (Lipinski definition) is 0. The monoisotopic (exact) mass is 302 g/mol. The fourth-order valence-corrected chi connectivity index (χ4v) is 3.62. The van der Waals surface area contributed by atoms with Crippen LogP contribution in [0.1, 0.15) is 32.3 Å². The highest BCUT2D eigenvalue weighted by atomic mass is 35.5. The normalized spacial score (nSPS) is 20.4. The maximum atomic E-state index is 12.4. The molecule has 0 amide bonds. The van der Waals surface area contributed by atoms with E-state index in [-0.39, 0.29) is 10.4 Å². The maximum absolute atomic E-state index is 12.4. The smallest absolute Gasteiger partial charge is 0.243 e. The number of pyridine rings is 1. The zero-order chi connectivity index (χ0) is 14.1. The third-order valence-corrected chi connectivity index (χ3v) is 5.76. The van der Waals surface area contributed by atoms with Crippen LogP contribution in [0.25, 0.3) is 0 Å². The van der Waals surface area contributed by atoms with Crippen LogP contribution in [0, 0.1) is 5.41 Å². The molecule has 1 aliphatic heterocycles. The van der Waals surface area contributed by atoms with Gasteiger partial charge in [-0.15, -0.1) is 11.6 Å². The van der Waals surface area contributed by atoms with E-state index in [2.05, 4.69) is 18.8 Å². The van der Waals surface area contributed by atoms with Crippen LogP contribution < -0.4 is 0 Å². The van der Waals surface area contributed by atoms with Gasteiger partial charge in [0.15, 0.2) is 5.03 Å². The molecule has 0 N–H and O–H groups in total. The molecule has 0 aromatic carbocycles. The fourth-order valence-electron chi connectivity index (χ4n) is 2.11. The standard InChI is InChI=1S/C13H19ClN2O2S/c1-13(2)5-7-16(8-6-13)19(17,18)12-4-3-11(9-14)10-15-12/h3-4,10H,5-9H2,1-2H3. The molecule has 6 heteroatoms. The van der Waals surface area contributed by atoms with Crippen LogP contribution in [0.5, 0.6) is 0 Å². The van der Waals surface area contributed by atoms with Gasteiger partial charge in [0.1, 0.15) is 0 Å². The molecule has 1 fully saturated rings. The summed E-state index contributed by atoms with van der Waals surface area (Å²) in [6.07, 6.45) is 3.28. The molecule has 1 saturated heterocycles. The Labute approximate surface area is 119 Å². The number of halogens is 1. The summed E-state index contributed by atoms with van der Waals surface area (Å²) >= 11 is 5.67. The van der Waals surface area contributed by atoms with E-state index in [1.54, 1.807) is 6.07 Å². The summed E-state index contributed by atoms with van der Waals surface area (Å²) in [6, 6.07) is 3.24. The van der Waals surface area contributed by atoms with Crippen molar-refractivity contribution in [1.82, 2.24) is 9.29 Å². The second kappa shape index (κ2) is 5.38. The Bertz CT molecular complexity index is 530. The SMILES string of the molecule is CC1(C)CCN(S(=O)(=O)c2ccc(CCl)cn2)CC1. The van der Waals surface area contributed by atoms with Gasteiger partial charge in [0.25, 0.3) is 10.0 Å². The molecule has 2 heterocycles. The quantitative estimate of drug-likeness (QED) is 0.807. The van der Waals surface area contributed by atoms with Crippen molar-refractivity contribution in [2.75, 3.05) is 13.1 Å². The van der Waals surface area contributed by atoms with Gasteiger partial charge in [0, 0.05) is 25.2 Å². The Morgan fingerprint density at radius 2 is 1.95 bits per heavy atom. The Morgan fingerprint density at radius 3 is 2.42 bits per heavy atom. The zero-order valence-electron chi connectivity index (χ0n) is 11.3. The minimum absolute atomic E-state index is 0.112. The van der Waals surface area contributed by atoms with Crippen molar-refractivity contribution in [1.29, 1.82) is 0 Å². The van der Waals surface area contributed by atoms with Crippen molar-refractivity contribution in [3.63, 3.8) is 0 Å². The van der Waals surface area contributed by atoms with Crippen molar-refractivity contribution < 1.29 is 8.42 Å². The molecule has 0 spiro atoms. The predicted molar refractivity (Wildman–Crippen MR) is 75.6 cm³/mol. The predicted octanol–water partition coefficient (Wildman–Crippen LogP) is 2.63. The summed E-state index contributed by atoms with van der Waals surface area (Å²) in [7, 11) is -3.46. The zero-order valence-corrected chi connectivity index (χ0v) is 12.8. The number of rotatable bonds is 3. The van der Waals surface area contributed by atoms with Crippen molar-refractivity contribution in [3.8, 4) is 0 Å². The van der Waals surface area contributed by atoms with Gasteiger partial charge in [-0.25, -0.2) is 13.4 Å². The van der Waals surface area contributed by atoms with Gasteiger partial charge in [-0.2, -0.15) is 4.31 Å². The summed E-state index contributed by atoms with van der Waals surface area (Å²) in [5.41, 5.74) is 1.04. The van der Waals surface area contributed by atoms with Gasteiger partial charge in [-0.05, 0) is 29.9 Å². The van der Waals surface area contributed by atoms with Crippen LogP contribution in [0.4, 0.5) is 0 Å². The lowest BCUT2D eigenvalue weighted by Crippen LogP contribution is -2.41. The molecular formula is C13H19ClN2O2S. The van der Waals surface area contributed by atoms with Gasteiger partial charge in [0.05, 0.1) is 0 Å². The Hall–Kier alpha value is -0.650. The maximum Gasteiger partial charge on any atom is 0.260 e. The fraction of sp³-hybridized carbons (Fsp3) is 0.615. The van der Waals surface area contributed by atoms with Gasteiger partial charge in [-0.3, -0.25) is 0 Å². The molecule has 0 saturated carbocycles. The molecule has 0 radical (unpaired) electrons. The molecule has 0 bridgehead atoms. The van der Waals surface area contributed by atoms with Crippen LogP contribution in [-0.4, -0.2) is 30.8 Å². The molecule has 106 valence electrons. The second-order valence-corrected chi connectivity index (χ2v) is 7.86. The molecule has 19 heavy (non-hydrogen) atoms. The van der Waals surface area contributed by atoms with E-state index in [4.69, 9.17) is 11.6 Å². The molecule has 0 atom stereocenters. The molecule has 1 aromatic rings. The molecule has 1 aliphatic rings. The number of nitrogens with zero attached hydrogens (tertiary/aromatic N) is 2. The van der Waals surface area contributed by atoms with E-state index in [1.165, 1.54) is 16.6 Å². The lowest BCUT2D eigenvalue weighted by Gasteiger charge is -2.35. The van der Waals surface area contributed by atoms with Crippen LogP contribution in [0.2, 0.25) is 0 Å². The highest BCUT2D eigenvalue weighted by Crippen LogP contribution is 2.32. The summed E-state index contributed by atoms with van der Waals surface area (Å²) in [5, 5.41) is 0.112. The number of hydrogen-bond acceptors (Lipinski definition) is 3. The average molecular weight is 303 g/mol. The molecule has 1 aromatic heterocycles. The third kappa shape index (κ3) is 3.27. The van der Waals surface area contributed by atoms with Crippen LogP contribution in [0.15, 0.2) is 23.4 Å². The summed E-state index contributed by atoms with van der Waals surface area (Å²) < 4.78 is 26.4. The van der Waals surface area contributed by atoms with Crippen LogP contribution in [0.3, 0.4) is 0 Å². The minimum atomic E-state index is -3.46. The van der Waals surface area contributed by atoms with E-state index in [1.807, 2.05) is 0 Å². The van der Waals surface area contributed by atoms with E-state index >= 15 is 0 Å². The van der Waals surface area contributed by atoms with Crippen LogP contribution in [-0.2, 0) is 15.9 Å². The minimum Gasteiger partial charge on any atom is -0.243 e. The molecule has 4 nitrogen and oxygen atoms in total. The lowest BCUT2D eigenvalue weighted by atomic mass is 9.83. The van der Waals surface area contributed by atoms with E-state index < -0.39 is 10.0 Å². The molecular weight excluding hydrogens is 284 g/mol. The largest absolute Gasteiger partial charge is 0.260 e. The van der Waals surface area contributed by atoms with Gasteiger partial charge in [0.2, 0.25) is 0 Å². The van der Waals surface area contributed by atoms with Gasteiger partial charge >= 0.3 is 0 Å². The van der Waals surface area contributed by atoms with Crippen molar-refractivity contribution in [2.24, 2.45) is 5.41 Å². The van der Waals surface area contributed by atoms with Crippen molar-refractivity contribution in [3.05, 3.63) is 23.9 Å². The van der Waals surface area contributed by atoms with Crippen LogP contribution >= 0.6 is 11.6 Å². The second-order valence-electron chi connectivity index (χ2n) is 5.71. The van der Waals surface area contributed by atoms with E-state index in [0.717, 1.165) is 18.4 Å². The van der Waals surface area contributed by atoms with Crippen molar-refractivity contribution >= 4 is 21.6 Å². The first-order valence-electron chi connectivity index (χ1n) is 6.36. The first kappa shape index (κ1) is 14.8. The highest BCUT2D eigenvalue weighted by Gasteiger charge is 2.33. The summed E-state index contributed by atoms with van der Waals surface area (Å²) in [4.78, 5) is 4.02. The third-order valence-electron chi connectivity index (χ3n) is 3.63. The Kier molecular flexibility index (Phi) is 4.18. The number of aromatic nitrogens is 1. The van der Waals surface area contributed by atoms with E-state index in [9.17, 15) is 8.42 Å². The number of piperidine rings is 1. The first-order chi connectivity index (χ1) is 8.85. The molecule has 2 rings (SSSR count). The lowest BCUT2D eigenvalue weighted by molar-refractivity contribution is 0.195. The van der Waals surface area contributed by atoms with Gasteiger partial charge < -0.3 is 0 Å². The molecule has 0 aliphatic carbocycles. The number of alkyl halides is 1. The number of sulfonamides is 1. The van der Waals surface area contributed by atoms with Crippen molar-refractivity contribution in [2.45, 2.75) is 37.6 Å². The topological polar surface area (TPSA) is 50.3 Å². The Morgan fingerprint density at radius 1 is 1.32 bits per heavy atom. The van der Waals surface area contributed by atoms with E-state index in [0.29, 0.717) is 19.0 Å². The Balaban J connectivity index is 2.18. The van der Waals surface area contributed by atoms with Gasteiger partial charge in [-0.1, -0.05) is 19.9 Å².